The highest BCUT2D eigenvalue weighted by Gasteiger charge is 2.35. The van der Waals surface area contributed by atoms with E-state index in [2.05, 4.69) is 95.8 Å². The van der Waals surface area contributed by atoms with E-state index in [1.807, 2.05) is 0 Å². The number of carbonyl (C=O) groups is 14. The van der Waals surface area contributed by atoms with Crippen molar-refractivity contribution in [3.63, 3.8) is 0 Å². The van der Waals surface area contributed by atoms with Gasteiger partial charge in [-0.3, -0.25) is 86.7 Å². The monoisotopic (exact) mass is 1570 g/mol. The van der Waals surface area contributed by atoms with Gasteiger partial charge >= 0.3 is 17.9 Å². The number of carboxylic acid groups (broad SMARTS) is 3. The number of fused-ring (bicyclic) bond motifs is 1. The number of aromatic nitrogens is 3. The van der Waals surface area contributed by atoms with Gasteiger partial charge in [-0.25, -0.2) is 4.98 Å². The van der Waals surface area contributed by atoms with Gasteiger partial charge in [-0.05, 0) is 78.8 Å². The molecule has 11 amide bonds. The number of carbonyl (C=O) groups excluding carboxylic acids is 11. The van der Waals surface area contributed by atoms with Gasteiger partial charge in [0.1, 0.15) is 49.5 Å². The first-order valence-corrected chi connectivity index (χ1v) is 37.8. The number of nitrogens with two attached hydrogens (primary N) is 1. The van der Waals surface area contributed by atoms with E-state index in [9.17, 15) is 82.4 Å². The molecule has 0 spiro atoms. The number of ether oxygens (including phenoxy) is 1. The number of rotatable bonds is 44. The fourth-order valence-electron chi connectivity index (χ4n) is 12.7. The smallest absolute Gasteiger partial charge is 0.317 e. The van der Waals surface area contributed by atoms with E-state index >= 15 is 0 Å². The van der Waals surface area contributed by atoms with Crippen molar-refractivity contribution in [3.05, 3.63) is 120 Å². The number of hydrogen-bond donors (Lipinski definition) is 16. The number of nitrogens with one attached hydrogen (secondary N) is 12. The lowest BCUT2D eigenvalue weighted by Gasteiger charge is -2.32. The zero-order valence-corrected chi connectivity index (χ0v) is 65.1. The summed E-state index contributed by atoms with van der Waals surface area (Å²) in [6.45, 7) is 11.8. The second-order valence-electron chi connectivity index (χ2n) is 29.3. The molecule has 1 aliphatic heterocycles. The van der Waals surface area contributed by atoms with E-state index in [4.69, 9.17) is 10.5 Å². The van der Waals surface area contributed by atoms with E-state index in [0.717, 1.165) is 0 Å². The number of amides is 11. The van der Waals surface area contributed by atoms with Gasteiger partial charge in [0, 0.05) is 125 Å². The van der Waals surface area contributed by atoms with E-state index in [1.165, 1.54) is 19.4 Å². The number of para-hydroxylation sites is 1. The third-order valence-corrected chi connectivity index (χ3v) is 18.5. The van der Waals surface area contributed by atoms with Crippen LogP contribution in [0.25, 0.3) is 10.9 Å². The summed E-state index contributed by atoms with van der Waals surface area (Å²) in [5, 5.41) is 56.4. The van der Waals surface area contributed by atoms with Crippen molar-refractivity contribution >= 4 is 99.5 Å². The number of primary amides is 1. The van der Waals surface area contributed by atoms with Crippen molar-refractivity contribution in [2.45, 2.75) is 142 Å². The van der Waals surface area contributed by atoms with Crippen LogP contribution in [0.2, 0.25) is 0 Å². The van der Waals surface area contributed by atoms with Gasteiger partial charge in [0.2, 0.25) is 65.0 Å². The Morgan fingerprint density at radius 2 is 1.01 bits per heavy atom. The first-order valence-electron chi connectivity index (χ1n) is 37.8. The molecule has 1 fully saturated rings. The predicted octanol–water partition coefficient (Wildman–Crippen LogP) is -0.791. The van der Waals surface area contributed by atoms with Crippen LogP contribution in [0.3, 0.4) is 0 Å². The van der Waals surface area contributed by atoms with E-state index in [-0.39, 0.29) is 135 Å². The van der Waals surface area contributed by atoms with E-state index in [1.54, 1.807) is 119 Å². The number of aliphatic carboxylic acids is 3. The molecular formula is C77H110N18O18. The average molecular weight is 1580 g/mol. The third-order valence-electron chi connectivity index (χ3n) is 18.5. The van der Waals surface area contributed by atoms with Crippen LogP contribution in [0.15, 0.2) is 97.6 Å². The van der Waals surface area contributed by atoms with Crippen molar-refractivity contribution in [2.75, 3.05) is 104 Å². The van der Waals surface area contributed by atoms with Gasteiger partial charge in [-0.15, -0.1) is 0 Å². The summed E-state index contributed by atoms with van der Waals surface area (Å²) < 4.78 is 5.47. The standard InChI is InChI=1S/C77H110N18O18/c1-47(2)31-55(32-48(3)4)86-75(110)62(35-56-38-79-46-83-56)87-64(97)39-82-77(112)71(49(5)6)91-72(107)50(7)84-74(109)61(34-53-37-80-58-16-12-11-15-57(53)58)90-73(108)59(21-22-63(78)96)89-76(111)60(33-51-13-9-8-10-14-51)88-67(100)45-113-44-66(99)85-54-19-17-52(18-20-54)36-81-65(98)40-92-23-25-93(41-68(101)102)27-29-95(43-70(105)106)30-28-94(26-24-92)42-69(103)104/h8-20,37-38,46-50,55,59-62,71,80H,21-36,39-45H2,1-7H3,(H2,78,96)(H,79,83)(H,81,98)(H,82,112)(H,84,109)(H,85,99)(H,86,110)(H,87,97)(H,88,100)(H,89,111)(H,90,108)(H,91,107)(H,101,102)(H,103,104)(H,105,106)/t50-,59-,60+,61-,62-,71-/m0/s1. The predicted molar refractivity (Wildman–Crippen MR) is 415 cm³/mol. The molecule has 0 saturated carbocycles. The van der Waals surface area contributed by atoms with E-state index < -0.39 is 145 Å². The Morgan fingerprint density at radius 1 is 0.496 bits per heavy atom. The molecule has 6 atom stereocenters. The molecule has 113 heavy (non-hydrogen) atoms. The lowest BCUT2D eigenvalue weighted by atomic mass is 9.95. The average Bonchev–Trinajstić information content (AvgIpc) is 1.70. The number of imidazole rings is 1. The van der Waals surface area contributed by atoms with Crippen LogP contribution in [-0.2, 0) is 97.7 Å². The van der Waals surface area contributed by atoms with Crippen LogP contribution in [0.5, 0.6) is 0 Å². The number of hydrogen-bond acceptors (Lipinski definition) is 20. The van der Waals surface area contributed by atoms with Gasteiger partial charge in [-0.2, -0.15) is 0 Å². The van der Waals surface area contributed by atoms with Crippen LogP contribution >= 0.6 is 0 Å². The molecule has 0 bridgehead atoms. The first kappa shape index (κ1) is 90.7. The van der Waals surface area contributed by atoms with Crippen molar-refractivity contribution in [2.24, 2.45) is 23.5 Å². The Bertz CT molecular complexity index is 3950. The lowest BCUT2D eigenvalue weighted by Crippen LogP contribution is -2.60. The zero-order chi connectivity index (χ0) is 82.7. The van der Waals surface area contributed by atoms with Gasteiger partial charge in [0.15, 0.2) is 0 Å². The highest BCUT2D eigenvalue weighted by atomic mass is 16.5. The molecule has 3 heterocycles. The molecule has 36 heteroatoms. The molecule has 1 aliphatic rings. The fraction of sp³-hybridized carbons (Fsp3) is 0.519. The molecule has 5 aromatic rings. The second-order valence-corrected chi connectivity index (χ2v) is 29.3. The fourth-order valence-corrected chi connectivity index (χ4v) is 12.7. The van der Waals surface area contributed by atoms with Crippen molar-refractivity contribution < 1.29 is 87.2 Å². The molecule has 6 rings (SSSR count). The quantitative estimate of drug-likeness (QED) is 0.0227. The number of benzene rings is 3. The number of H-pyrrole nitrogens is 2. The van der Waals surface area contributed by atoms with Gasteiger partial charge in [0.25, 0.3) is 0 Å². The molecule has 616 valence electrons. The maximum absolute atomic E-state index is 14.7. The molecular weight excluding hydrogens is 1460 g/mol. The summed E-state index contributed by atoms with van der Waals surface area (Å²) in [4.78, 5) is 203. The Balaban J connectivity index is 1.05. The second kappa shape index (κ2) is 46.6. The van der Waals surface area contributed by atoms with Crippen molar-refractivity contribution in [3.8, 4) is 0 Å². The summed E-state index contributed by atoms with van der Waals surface area (Å²) in [5.41, 5.74) is 8.98. The number of nitrogens with zero attached hydrogens (tertiary/aromatic N) is 5. The van der Waals surface area contributed by atoms with Crippen molar-refractivity contribution in [1.29, 1.82) is 0 Å². The Hall–Kier alpha value is -11.2. The highest BCUT2D eigenvalue weighted by molar-refractivity contribution is 5.98. The third kappa shape index (κ3) is 33.7. The normalized spacial score (nSPS) is 15.0. The summed E-state index contributed by atoms with van der Waals surface area (Å²) >= 11 is 0. The number of aromatic amines is 2. The SMILES string of the molecule is CC(C)CC(CC(C)C)NC(=O)[C@H](Cc1cnc[nH]1)NC(=O)CNC(=O)[C@@H](NC(=O)[C@H](C)NC(=O)[C@H](Cc1c[nH]c2ccccc12)NC(=O)[C@H](CCC(N)=O)NC(=O)[C@@H](Cc1ccccc1)NC(=O)COCC(=O)Nc1ccc(CNC(=O)CN2CCN(CC(=O)O)CCN(CC(=O)O)CCN(CC(=O)O)CC2)cc1)C(C)C. The molecule has 17 N–H and O–H groups in total. The summed E-state index contributed by atoms with van der Waals surface area (Å²) in [5.74, 6) is -11.3. The zero-order valence-electron chi connectivity index (χ0n) is 65.1. The van der Waals surface area contributed by atoms with E-state index in [0.29, 0.717) is 51.8 Å². The number of carboxylic acids is 3. The summed E-state index contributed by atoms with van der Waals surface area (Å²) in [6, 6.07) is 13.9. The topological polar surface area (TPSA) is 513 Å². The van der Waals surface area contributed by atoms with Crippen molar-refractivity contribution in [1.82, 2.24) is 82.4 Å². The molecule has 1 saturated heterocycles. The Labute approximate surface area is 655 Å². The van der Waals surface area contributed by atoms with Gasteiger partial charge in [-0.1, -0.05) is 102 Å². The maximum atomic E-state index is 14.7. The lowest BCUT2D eigenvalue weighted by molar-refractivity contribution is -0.140. The largest absolute Gasteiger partial charge is 0.480 e. The molecule has 0 radical (unpaired) electrons. The van der Waals surface area contributed by atoms with Gasteiger partial charge in [0.05, 0.1) is 39.1 Å². The minimum Gasteiger partial charge on any atom is -0.480 e. The summed E-state index contributed by atoms with van der Waals surface area (Å²) in [7, 11) is 0. The molecule has 3 aromatic carbocycles. The molecule has 0 aliphatic carbocycles. The van der Waals surface area contributed by atoms with Crippen LogP contribution in [0, 0.1) is 17.8 Å². The Kier molecular flexibility index (Phi) is 37.4. The number of anilines is 1. The molecule has 0 unspecified atom stereocenters. The maximum Gasteiger partial charge on any atom is 0.317 e. The minimum atomic E-state index is -1.57. The first-order chi connectivity index (χ1) is 53.7. The minimum absolute atomic E-state index is 0.0763. The van der Waals surface area contributed by atoms with Crippen LogP contribution < -0.4 is 58.9 Å². The van der Waals surface area contributed by atoms with Crippen LogP contribution in [0.1, 0.15) is 96.5 Å². The van der Waals surface area contributed by atoms with Crippen LogP contribution in [0.4, 0.5) is 5.69 Å². The molecule has 36 nitrogen and oxygen atoms in total. The highest BCUT2D eigenvalue weighted by Crippen LogP contribution is 2.21. The summed E-state index contributed by atoms with van der Waals surface area (Å²) in [6.07, 6.45) is 5.01. The van der Waals surface area contributed by atoms with Gasteiger partial charge < -0.3 is 88.9 Å². The van der Waals surface area contributed by atoms with Crippen LogP contribution in [-0.4, -0.2) is 273 Å². The Morgan fingerprint density at radius 3 is 1.57 bits per heavy atom. The molecule has 2 aromatic heterocycles.